The van der Waals surface area contributed by atoms with Crippen molar-refractivity contribution >= 4 is 11.9 Å². The third kappa shape index (κ3) is 3.24. The molecule has 0 atom stereocenters. The van der Waals surface area contributed by atoms with E-state index in [0.29, 0.717) is 0 Å². The Balaban J connectivity index is 1.96. The van der Waals surface area contributed by atoms with Gasteiger partial charge >= 0.3 is 0 Å². The Kier molecular flexibility index (Phi) is 4.11. The van der Waals surface area contributed by atoms with Gasteiger partial charge in [0.2, 0.25) is 0 Å². The molecule has 0 amide bonds. The highest BCUT2D eigenvalue weighted by atomic mass is 19.1. The summed E-state index contributed by atoms with van der Waals surface area (Å²) in [4.78, 5) is 4.56. The minimum absolute atomic E-state index is 0.225. The maximum Gasteiger partial charge on any atom is 0.123 e. The highest BCUT2D eigenvalue weighted by Crippen LogP contribution is 2.21. The maximum atomic E-state index is 13.1. The van der Waals surface area contributed by atoms with Crippen molar-refractivity contribution in [1.29, 1.82) is 0 Å². The van der Waals surface area contributed by atoms with Crippen LogP contribution in [0.15, 0.2) is 59.6 Å². The molecule has 1 heterocycles. The Labute approximate surface area is 135 Å². The van der Waals surface area contributed by atoms with Crippen molar-refractivity contribution in [2.24, 2.45) is 4.99 Å². The summed E-state index contributed by atoms with van der Waals surface area (Å²) in [6.45, 7) is 6.15. The lowest BCUT2D eigenvalue weighted by molar-refractivity contribution is 0.627. The van der Waals surface area contributed by atoms with E-state index >= 15 is 0 Å². The molecule has 23 heavy (non-hydrogen) atoms. The Morgan fingerprint density at radius 2 is 1.70 bits per heavy atom. The molecule has 0 aliphatic carbocycles. The van der Waals surface area contributed by atoms with Crippen molar-refractivity contribution in [3.63, 3.8) is 0 Å². The Morgan fingerprint density at radius 1 is 0.957 bits per heavy atom. The predicted octanol–water partition coefficient (Wildman–Crippen LogP) is 5.29. The first kappa shape index (κ1) is 15.2. The molecule has 0 saturated carbocycles. The molecule has 0 aliphatic rings. The molecule has 3 heteroatoms. The van der Waals surface area contributed by atoms with E-state index < -0.39 is 0 Å². The third-order valence-corrected chi connectivity index (χ3v) is 3.91. The molecule has 0 fully saturated rings. The number of aromatic nitrogens is 1. The van der Waals surface area contributed by atoms with Crippen molar-refractivity contribution in [1.82, 2.24) is 4.57 Å². The zero-order chi connectivity index (χ0) is 16.4. The molecule has 0 saturated heterocycles. The van der Waals surface area contributed by atoms with Gasteiger partial charge in [0.1, 0.15) is 5.82 Å². The number of hydrogen-bond donors (Lipinski definition) is 0. The molecule has 0 N–H and O–H groups in total. The Bertz CT molecular complexity index is 858. The first-order valence-electron chi connectivity index (χ1n) is 7.60. The molecule has 0 aliphatic heterocycles. The van der Waals surface area contributed by atoms with Crippen LogP contribution in [0.3, 0.4) is 0 Å². The van der Waals surface area contributed by atoms with Crippen molar-refractivity contribution < 1.29 is 4.39 Å². The molecule has 3 aromatic rings. The van der Waals surface area contributed by atoms with Gasteiger partial charge in [-0.2, -0.15) is 0 Å². The number of benzene rings is 2. The molecule has 2 nitrogen and oxygen atoms in total. The van der Waals surface area contributed by atoms with Crippen LogP contribution in [0.25, 0.3) is 5.69 Å². The normalized spacial score (nSPS) is 11.3. The number of aliphatic imine (C=N–C) groups is 1. The highest BCUT2D eigenvalue weighted by molar-refractivity contribution is 5.84. The SMILES string of the molecule is Cc1cccc(N=Cc2cc(C)n(-c3ccc(F)cc3)c2C)c1. The van der Waals surface area contributed by atoms with Crippen LogP contribution in [0.4, 0.5) is 10.1 Å². The summed E-state index contributed by atoms with van der Waals surface area (Å²) >= 11 is 0. The lowest BCUT2D eigenvalue weighted by Gasteiger charge is -2.09. The predicted molar refractivity (Wildman–Crippen MR) is 93.6 cm³/mol. The number of aryl methyl sites for hydroxylation is 2. The second-order valence-electron chi connectivity index (χ2n) is 5.74. The summed E-state index contributed by atoms with van der Waals surface area (Å²) in [5, 5.41) is 0. The molecular weight excluding hydrogens is 287 g/mol. The largest absolute Gasteiger partial charge is 0.318 e. The lowest BCUT2D eigenvalue weighted by Crippen LogP contribution is -1.99. The van der Waals surface area contributed by atoms with Gasteiger partial charge in [-0.1, -0.05) is 12.1 Å². The minimum atomic E-state index is -0.225. The van der Waals surface area contributed by atoms with E-state index in [-0.39, 0.29) is 5.82 Å². The van der Waals surface area contributed by atoms with Crippen LogP contribution in [0.1, 0.15) is 22.5 Å². The monoisotopic (exact) mass is 306 g/mol. The summed E-state index contributed by atoms with van der Waals surface area (Å²) in [5.74, 6) is -0.225. The van der Waals surface area contributed by atoms with E-state index in [0.717, 1.165) is 28.3 Å². The van der Waals surface area contributed by atoms with Gasteiger partial charge in [0.15, 0.2) is 0 Å². The van der Waals surface area contributed by atoms with Crippen molar-refractivity contribution in [2.75, 3.05) is 0 Å². The summed E-state index contributed by atoms with van der Waals surface area (Å²) in [5.41, 5.74) is 6.34. The summed E-state index contributed by atoms with van der Waals surface area (Å²) < 4.78 is 15.2. The molecule has 0 spiro atoms. The average Bonchev–Trinajstić information content (AvgIpc) is 2.81. The van der Waals surface area contributed by atoms with Gasteiger partial charge in [-0.05, 0) is 68.8 Å². The van der Waals surface area contributed by atoms with Crippen molar-refractivity contribution in [2.45, 2.75) is 20.8 Å². The van der Waals surface area contributed by atoms with Crippen LogP contribution in [0, 0.1) is 26.6 Å². The fourth-order valence-electron chi connectivity index (χ4n) is 2.76. The third-order valence-electron chi connectivity index (χ3n) is 3.91. The summed E-state index contributed by atoms with van der Waals surface area (Å²) in [6.07, 6.45) is 1.89. The maximum absolute atomic E-state index is 13.1. The smallest absolute Gasteiger partial charge is 0.123 e. The van der Waals surface area contributed by atoms with Gasteiger partial charge in [-0.3, -0.25) is 4.99 Å². The molecule has 116 valence electrons. The molecule has 2 aromatic carbocycles. The lowest BCUT2D eigenvalue weighted by atomic mass is 10.2. The second-order valence-corrected chi connectivity index (χ2v) is 5.74. The van der Waals surface area contributed by atoms with Crippen molar-refractivity contribution in [3.05, 3.63) is 82.9 Å². The van der Waals surface area contributed by atoms with Crippen LogP contribution >= 0.6 is 0 Å². The van der Waals surface area contributed by atoms with Crippen LogP contribution < -0.4 is 0 Å². The fourth-order valence-corrected chi connectivity index (χ4v) is 2.76. The summed E-state index contributed by atoms with van der Waals surface area (Å²) in [6, 6.07) is 16.7. The van der Waals surface area contributed by atoms with Crippen molar-refractivity contribution in [3.8, 4) is 5.69 Å². The van der Waals surface area contributed by atoms with Gasteiger partial charge in [0.05, 0.1) is 5.69 Å². The van der Waals surface area contributed by atoms with E-state index in [2.05, 4.69) is 34.7 Å². The van der Waals surface area contributed by atoms with E-state index in [4.69, 9.17) is 0 Å². The van der Waals surface area contributed by atoms with Crippen LogP contribution in [-0.2, 0) is 0 Å². The topological polar surface area (TPSA) is 17.3 Å². The second kappa shape index (κ2) is 6.21. The number of halogens is 1. The van der Waals surface area contributed by atoms with E-state index in [1.165, 1.54) is 17.7 Å². The zero-order valence-electron chi connectivity index (χ0n) is 13.5. The number of rotatable bonds is 3. The number of hydrogen-bond acceptors (Lipinski definition) is 1. The van der Waals surface area contributed by atoms with Gasteiger partial charge in [0, 0.05) is 28.9 Å². The molecule has 0 bridgehead atoms. The highest BCUT2D eigenvalue weighted by Gasteiger charge is 2.09. The first-order chi connectivity index (χ1) is 11.0. The van der Waals surface area contributed by atoms with Crippen LogP contribution in [-0.4, -0.2) is 10.8 Å². The zero-order valence-corrected chi connectivity index (χ0v) is 13.5. The van der Waals surface area contributed by atoms with Gasteiger partial charge in [0.25, 0.3) is 0 Å². The first-order valence-corrected chi connectivity index (χ1v) is 7.60. The van der Waals surface area contributed by atoms with Crippen LogP contribution in [0.2, 0.25) is 0 Å². The van der Waals surface area contributed by atoms with Gasteiger partial charge in [-0.25, -0.2) is 4.39 Å². The molecule has 0 radical (unpaired) electrons. The molecule has 3 rings (SSSR count). The molecular formula is C20H19FN2. The summed E-state index contributed by atoms with van der Waals surface area (Å²) in [7, 11) is 0. The minimum Gasteiger partial charge on any atom is -0.318 e. The number of nitrogens with zero attached hydrogens (tertiary/aromatic N) is 2. The quantitative estimate of drug-likeness (QED) is 0.585. The Morgan fingerprint density at radius 3 is 2.39 bits per heavy atom. The van der Waals surface area contributed by atoms with E-state index in [1.807, 2.05) is 32.2 Å². The van der Waals surface area contributed by atoms with Gasteiger partial charge < -0.3 is 4.57 Å². The molecule has 1 aromatic heterocycles. The van der Waals surface area contributed by atoms with E-state index in [9.17, 15) is 4.39 Å². The average molecular weight is 306 g/mol. The van der Waals surface area contributed by atoms with Crippen LogP contribution in [0.5, 0.6) is 0 Å². The van der Waals surface area contributed by atoms with Gasteiger partial charge in [-0.15, -0.1) is 0 Å². The Hall–Kier alpha value is -2.68. The molecule has 0 unspecified atom stereocenters. The standard InChI is InChI=1S/C20H19FN2/c1-14-5-4-6-19(11-14)22-13-17-12-15(2)23(16(17)3)20-9-7-18(21)8-10-20/h4-13H,1-3H3. The fraction of sp³-hybridized carbons (Fsp3) is 0.150. The van der Waals surface area contributed by atoms with E-state index in [1.54, 1.807) is 12.1 Å².